The number of urea groups is 1. The van der Waals surface area contributed by atoms with Crippen molar-refractivity contribution in [3.05, 3.63) is 83.9 Å². The molecule has 1 aliphatic rings. The van der Waals surface area contributed by atoms with Gasteiger partial charge in [-0.05, 0) is 48.5 Å². The van der Waals surface area contributed by atoms with E-state index in [1.165, 1.54) is 26.4 Å². The molecule has 4 rings (SSSR count). The van der Waals surface area contributed by atoms with E-state index in [2.05, 4.69) is 10.3 Å². The largest absolute Gasteiger partial charge is 0.495 e. The fraction of sp³-hybridized carbons (Fsp3) is 0.200. The van der Waals surface area contributed by atoms with Gasteiger partial charge in [-0.1, -0.05) is 54.1 Å². The molecule has 3 aromatic carbocycles. The molecule has 0 aromatic heterocycles. The van der Waals surface area contributed by atoms with Crippen LogP contribution in [0.4, 0.5) is 29.3 Å². The van der Waals surface area contributed by atoms with Crippen molar-refractivity contribution in [1.82, 2.24) is 5.32 Å². The molecule has 0 spiro atoms. The molecule has 10 heteroatoms. The lowest BCUT2D eigenvalue weighted by atomic mass is 10.0. The molecule has 0 bridgehead atoms. The van der Waals surface area contributed by atoms with Gasteiger partial charge in [0.25, 0.3) is 0 Å². The predicted octanol–water partition coefficient (Wildman–Crippen LogP) is 6.38. The Hall–Kier alpha value is -3.66. The number of nitrogens with one attached hydrogen (secondary N) is 1. The molecule has 2 amide bonds. The van der Waals surface area contributed by atoms with Gasteiger partial charge in [-0.3, -0.25) is 0 Å². The lowest BCUT2D eigenvalue weighted by molar-refractivity contribution is -0.167. The van der Waals surface area contributed by atoms with E-state index in [0.717, 1.165) is 10.5 Å². The molecule has 1 atom stereocenters. The minimum Gasteiger partial charge on any atom is -0.495 e. The predicted molar refractivity (Wildman–Crippen MR) is 131 cm³/mol. The smallest absolute Gasteiger partial charge is 0.425 e. The highest BCUT2D eigenvalue weighted by atomic mass is 32.2. The van der Waals surface area contributed by atoms with Gasteiger partial charge in [0.2, 0.25) is 4.87 Å². The van der Waals surface area contributed by atoms with E-state index in [0.29, 0.717) is 23.3 Å². The monoisotopic (exact) mass is 501 g/mol. The van der Waals surface area contributed by atoms with Gasteiger partial charge in [0.1, 0.15) is 17.2 Å². The van der Waals surface area contributed by atoms with Crippen molar-refractivity contribution >= 4 is 34.3 Å². The molecule has 182 valence electrons. The SMILES string of the molecule is COc1ccccc1N=C1SC(c2ccc(C)cc2)(C(F)(F)F)NC(=O)N1c1ccccc1OC. The number of aryl methyl sites for hydroxylation is 1. The number of methoxy groups -OCH3 is 2. The summed E-state index contributed by atoms with van der Waals surface area (Å²) in [5, 5.41) is 2.01. The van der Waals surface area contributed by atoms with Gasteiger partial charge in [-0.25, -0.2) is 14.7 Å². The third kappa shape index (κ3) is 4.53. The molecular weight excluding hydrogens is 479 g/mol. The quantitative estimate of drug-likeness (QED) is 0.441. The van der Waals surface area contributed by atoms with Crippen LogP contribution >= 0.6 is 11.8 Å². The van der Waals surface area contributed by atoms with Crippen molar-refractivity contribution in [2.75, 3.05) is 19.1 Å². The topological polar surface area (TPSA) is 63.2 Å². The van der Waals surface area contributed by atoms with Gasteiger partial charge in [0.05, 0.1) is 19.9 Å². The van der Waals surface area contributed by atoms with Crippen LogP contribution in [0.15, 0.2) is 77.8 Å². The van der Waals surface area contributed by atoms with E-state index in [4.69, 9.17) is 9.47 Å². The molecule has 1 aliphatic heterocycles. The number of rotatable bonds is 5. The molecule has 6 nitrogen and oxygen atoms in total. The second-order valence-electron chi connectivity index (χ2n) is 7.65. The maximum absolute atomic E-state index is 14.7. The maximum atomic E-state index is 14.7. The second-order valence-corrected chi connectivity index (χ2v) is 8.83. The highest BCUT2D eigenvalue weighted by molar-refractivity contribution is 8.15. The van der Waals surface area contributed by atoms with Crippen LogP contribution < -0.4 is 19.7 Å². The number of hydrogen-bond acceptors (Lipinski definition) is 5. The van der Waals surface area contributed by atoms with Crippen molar-refractivity contribution in [3.63, 3.8) is 0 Å². The molecule has 1 saturated heterocycles. The lowest BCUT2D eigenvalue weighted by Crippen LogP contribution is -2.63. The molecule has 35 heavy (non-hydrogen) atoms. The Morgan fingerprint density at radius 3 is 2.14 bits per heavy atom. The number of amides is 2. The molecule has 1 unspecified atom stereocenters. The Bertz CT molecular complexity index is 1260. The highest BCUT2D eigenvalue weighted by Crippen LogP contribution is 2.52. The summed E-state index contributed by atoms with van der Waals surface area (Å²) in [4.78, 5) is 16.3. The summed E-state index contributed by atoms with van der Waals surface area (Å²) in [5.74, 6) is 0.644. The fourth-order valence-corrected chi connectivity index (χ4v) is 4.84. The van der Waals surface area contributed by atoms with E-state index in [9.17, 15) is 18.0 Å². The third-order valence-electron chi connectivity index (χ3n) is 5.41. The number of halogens is 3. The van der Waals surface area contributed by atoms with E-state index < -0.39 is 17.1 Å². The Balaban J connectivity index is 1.95. The normalized spacial score (nSPS) is 19.4. The molecule has 1 N–H and O–H groups in total. The van der Waals surface area contributed by atoms with E-state index in [1.807, 2.05) is 0 Å². The first-order chi connectivity index (χ1) is 16.7. The van der Waals surface area contributed by atoms with Crippen LogP contribution in [0, 0.1) is 6.92 Å². The average Bonchev–Trinajstić information content (AvgIpc) is 2.84. The molecule has 3 aromatic rings. The lowest BCUT2D eigenvalue weighted by Gasteiger charge is -2.43. The third-order valence-corrected chi connectivity index (χ3v) is 6.74. The number of carbonyl (C=O) groups is 1. The molecule has 0 saturated carbocycles. The first-order valence-corrected chi connectivity index (χ1v) is 11.3. The Morgan fingerprint density at radius 2 is 1.51 bits per heavy atom. The van der Waals surface area contributed by atoms with Crippen molar-refractivity contribution in [1.29, 1.82) is 0 Å². The average molecular weight is 502 g/mol. The van der Waals surface area contributed by atoms with E-state index in [1.54, 1.807) is 67.6 Å². The molecule has 0 aliphatic carbocycles. The van der Waals surface area contributed by atoms with Crippen LogP contribution in [0.5, 0.6) is 11.5 Å². The van der Waals surface area contributed by atoms with Crippen molar-refractivity contribution in [3.8, 4) is 11.5 Å². The number of alkyl halides is 3. The van der Waals surface area contributed by atoms with Gasteiger partial charge in [0, 0.05) is 0 Å². The van der Waals surface area contributed by atoms with Gasteiger partial charge in [-0.15, -0.1) is 0 Å². The number of carbonyl (C=O) groups excluding carboxylic acids is 1. The summed E-state index contributed by atoms with van der Waals surface area (Å²) in [6.07, 6.45) is -4.85. The number of aliphatic imine (C=N–C) groups is 1. The van der Waals surface area contributed by atoms with Crippen molar-refractivity contribution in [2.45, 2.75) is 18.0 Å². The summed E-state index contributed by atoms with van der Waals surface area (Å²) >= 11 is 0.393. The minimum atomic E-state index is -4.85. The number of amidine groups is 1. The summed E-state index contributed by atoms with van der Waals surface area (Å²) in [5.41, 5.74) is 1.18. The number of benzene rings is 3. The Labute approximate surface area is 204 Å². The van der Waals surface area contributed by atoms with Crippen LogP contribution in [0.1, 0.15) is 11.1 Å². The van der Waals surface area contributed by atoms with Gasteiger partial charge >= 0.3 is 12.2 Å². The standard InChI is InChI=1S/C25H22F3N3O3S/c1-16-12-14-17(15-13-16)24(25(26,27)28)30-22(32)31(19-9-5-7-11-21(19)34-3)23(35-24)29-18-8-4-6-10-20(18)33-2/h4-15H,1-3H3,(H,30,32). The Morgan fingerprint density at radius 1 is 0.914 bits per heavy atom. The van der Waals surface area contributed by atoms with E-state index >= 15 is 0 Å². The zero-order valence-corrected chi connectivity index (χ0v) is 19.9. The minimum absolute atomic E-state index is 0.124. The van der Waals surface area contributed by atoms with Crippen molar-refractivity contribution < 1.29 is 27.4 Å². The van der Waals surface area contributed by atoms with Gasteiger partial charge in [-0.2, -0.15) is 13.2 Å². The number of thioether (sulfide) groups is 1. The molecule has 0 radical (unpaired) electrons. The zero-order chi connectivity index (χ0) is 25.2. The summed E-state index contributed by atoms with van der Waals surface area (Å²) < 4.78 is 54.9. The number of ether oxygens (including phenoxy) is 2. The number of para-hydroxylation sites is 4. The zero-order valence-electron chi connectivity index (χ0n) is 19.1. The first kappa shape index (κ1) is 24.5. The fourth-order valence-electron chi connectivity index (χ4n) is 3.64. The second kappa shape index (κ2) is 9.53. The van der Waals surface area contributed by atoms with E-state index in [-0.39, 0.29) is 22.1 Å². The molecule has 1 fully saturated rings. The maximum Gasteiger partial charge on any atom is 0.425 e. The van der Waals surface area contributed by atoms with Crippen LogP contribution in [0.3, 0.4) is 0 Å². The summed E-state index contributed by atoms with van der Waals surface area (Å²) in [6, 6.07) is 18.0. The van der Waals surface area contributed by atoms with Gasteiger partial charge in [0.15, 0.2) is 5.17 Å². The van der Waals surface area contributed by atoms with Crippen LogP contribution in [-0.4, -0.2) is 31.6 Å². The summed E-state index contributed by atoms with van der Waals surface area (Å²) in [7, 11) is 2.85. The molecule has 1 heterocycles. The first-order valence-electron chi connectivity index (χ1n) is 10.5. The van der Waals surface area contributed by atoms with Gasteiger partial charge < -0.3 is 14.8 Å². The highest BCUT2D eigenvalue weighted by Gasteiger charge is 2.62. The van der Waals surface area contributed by atoms with Crippen LogP contribution in [-0.2, 0) is 4.87 Å². The summed E-state index contributed by atoms with van der Waals surface area (Å²) in [6.45, 7) is 1.77. The van der Waals surface area contributed by atoms with Crippen LogP contribution in [0.25, 0.3) is 0 Å². The molecular formula is C25H22F3N3O3S. The number of nitrogens with zero attached hydrogens (tertiary/aromatic N) is 2. The number of hydrogen-bond donors (Lipinski definition) is 1. The number of anilines is 1. The van der Waals surface area contributed by atoms with Crippen molar-refractivity contribution in [2.24, 2.45) is 4.99 Å². The van der Waals surface area contributed by atoms with Crippen LogP contribution in [0.2, 0.25) is 0 Å². The Kier molecular flexibility index (Phi) is 6.66.